The van der Waals surface area contributed by atoms with Crippen molar-refractivity contribution >= 4 is 11.8 Å². The molecular weight excluding hydrogens is 384 g/mol. The number of rotatable bonds is 5. The van der Waals surface area contributed by atoms with E-state index >= 15 is 0 Å². The van der Waals surface area contributed by atoms with Gasteiger partial charge in [0.05, 0.1) is 0 Å². The highest BCUT2D eigenvalue weighted by atomic mass is 19.1. The summed E-state index contributed by atoms with van der Waals surface area (Å²) in [4.78, 5) is 11.4. The molecule has 0 bridgehead atoms. The van der Waals surface area contributed by atoms with Crippen LogP contribution in [0.3, 0.4) is 0 Å². The smallest absolute Gasteiger partial charge is 0.191 e. The Morgan fingerprint density at radius 1 is 1.13 bits per heavy atom. The summed E-state index contributed by atoms with van der Waals surface area (Å²) < 4.78 is 28.1. The number of nitrogens with one attached hydrogen (secondary N) is 2. The maximum Gasteiger partial charge on any atom is 0.191 e. The second-order valence-electron chi connectivity index (χ2n) is 8.15. The molecule has 4 rings (SSSR count). The first-order chi connectivity index (χ1) is 14.5. The molecule has 30 heavy (non-hydrogen) atoms. The van der Waals surface area contributed by atoms with Crippen LogP contribution in [0.4, 0.5) is 14.6 Å². The average molecular weight is 414 g/mol. The minimum atomic E-state index is -0.469. The molecule has 1 aromatic carbocycles. The third kappa shape index (κ3) is 4.71. The van der Waals surface area contributed by atoms with Gasteiger partial charge in [0, 0.05) is 49.4 Å². The van der Waals surface area contributed by atoms with Crippen molar-refractivity contribution in [2.45, 2.75) is 51.1 Å². The van der Waals surface area contributed by atoms with Crippen LogP contribution in [0.2, 0.25) is 0 Å². The van der Waals surface area contributed by atoms with Gasteiger partial charge in [-0.25, -0.2) is 13.8 Å². The summed E-state index contributed by atoms with van der Waals surface area (Å²) in [5.74, 6) is 0.664. The summed E-state index contributed by atoms with van der Waals surface area (Å²) in [5, 5.41) is 6.89. The van der Waals surface area contributed by atoms with Crippen LogP contribution >= 0.6 is 0 Å². The first-order valence-electron chi connectivity index (χ1n) is 10.7. The Hall–Kier alpha value is -2.70. The van der Waals surface area contributed by atoms with Crippen molar-refractivity contribution in [1.29, 1.82) is 0 Å². The molecule has 1 aliphatic carbocycles. The van der Waals surface area contributed by atoms with E-state index in [4.69, 9.17) is 0 Å². The molecule has 2 heterocycles. The molecule has 0 amide bonds. The normalized spacial score (nSPS) is 22.1. The lowest BCUT2D eigenvalue weighted by molar-refractivity contribution is 0.459. The van der Waals surface area contributed by atoms with Crippen LogP contribution in [0.25, 0.3) is 0 Å². The van der Waals surface area contributed by atoms with Crippen molar-refractivity contribution in [3.8, 4) is 0 Å². The van der Waals surface area contributed by atoms with Crippen LogP contribution in [0, 0.1) is 18.6 Å². The third-order valence-corrected chi connectivity index (χ3v) is 5.85. The molecule has 2 aliphatic rings. The molecule has 1 aromatic heterocycles. The van der Waals surface area contributed by atoms with Crippen LogP contribution in [0.5, 0.6) is 0 Å². The van der Waals surface area contributed by atoms with Gasteiger partial charge in [0.25, 0.3) is 0 Å². The third-order valence-electron chi connectivity index (χ3n) is 5.85. The molecule has 7 heteroatoms. The monoisotopic (exact) mass is 413 g/mol. The number of nitrogens with zero attached hydrogens (tertiary/aromatic N) is 3. The Balaban J connectivity index is 1.31. The molecule has 160 valence electrons. The largest absolute Gasteiger partial charge is 0.356 e. The van der Waals surface area contributed by atoms with Gasteiger partial charge < -0.3 is 15.5 Å². The molecule has 0 spiro atoms. The van der Waals surface area contributed by atoms with Crippen molar-refractivity contribution < 1.29 is 8.78 Å². The fourth-order valence-electron chi connectivity index (χ4n) is 4.10. The number of aliphatic imine (C=N–C) groups is 1. The van der Waals surface area contributed by atoms with E-state index in [0.717, 1.165) is 43.3 Å². The summed E-state index contributed by atoms with van der Waals surface area (Å²) in [6, 6.07) is 8.53. The molecule has 1 aliphatic heterocycles. The Morgan fingerprint density at radius 2 is 1.87 bits per heavy atom. The highest BCUT2D eigenvalue weighted by molar-refractivity contribution is 5.81. The number of halogens is 2. The zero-order chi connectivity index (χ0) is 21.1. The van der Waals surface area contributed by atoms with E-state index in [9.17, 15) is 8.78 Å². The molecule has 2 fully saturated rings. The van der Waals surface area contributed by atoms with Gasteiger partial charge in [0.2, 0.25) is 0 Å². The molecule has 1 saturated heterocycles. The fraction of sp³-hybridized carbons (Fsp3) is 0.478. The predicted molar refractivity (Wildman–Crippen MR) is 116 cm³/mol. The zero-order valence-electron chi connectivity index (χ0n) is 17.5. The Bertz CT molecular complexity index is 871. The van der Waals surface area contributed by atoms with Crippen molar-refractivity contribution in [3.05, 3.63) is 59.3 Å². The predicted octanol–water partition coefficient (Wildman–Crippen LogP) is 3.75. The number of pyridine rings is 1. The van der Waals surface area contributed by atoms with E-state index in [1.165, 1.54) is 18.2 Å². The van der Waals surface area contributed by atoms with Gasteiger partial charge in [-0.15, -0.1) is 0 Å². The van der Waals surface area contributed by atoms with Gasteiger partial charge in [0.1, 0.15) is 17.5 Å². The number of piperidine rings is 1. The highest BCUT2D eigenvalue weighted by Crippen LogP contribution is 2.43. The summed E-state index contributed by atoms with van der Waals surface area (Å²) >= 11 is 0. The number of hydrogen-bond acceptors (Lipinski definition) is 3. The van der Waals surface area contributed by atoms with E-state index in [1.54, 1.807) is 0 Å². The Labute approximate surface area is 176 Å². The van der Waals surface area contributed by atoms with Crippen LogP contribution in [-0.4, -0.2) is 42.7 Å². The quantitative estimate of drug-likeness (QED) is 0.579. The molecular formula is C23H29F2N5. The number of hydrogen-bond donors (Lipinski definition) is 2. The van der Waals surface area contributed by atoms with Crippen molar-refractivity contribution in [2.75, 3.05) is 24.5 Å². The van der Waals surface area contributed by atoms with Gasteiger partial charge in [0.15, 0.2) is 5.96 Å². The standard InChI is InChI=1S/C23H29F2N5/c1-3-26-23(29-20-13-17(20)22-18(24)5-4-6-19(22)25)28-16-9-11-30(12-10-16)21-8-7-15(2)14-27-21/h4-8,14,16-17,20H,3,9-13H2,1-2H3,(H2,26,28,29). The van der Waals surface area contributed by atoms with Crippen molar-refractivity contribution in [2.24, 2.45) is 4.99 Å². The van der Waals surface area contributed by atoms with Crippen LogP contribution in [-0.2, 0) is 0 Å². The maximum atomic E-state index is 14.0. The molecule has 2 atom stereocenters. The minimum absolute atomic E-state index is 0.00560. The number of guanidine groups is 1. The summed E-state index contributed by atoms with van der Waals surface area (Å²) in [5.41, 5.74) is 1.35. The number of aromatic nitrogens is 1. The Morgan fingerprint density at radius 3 is 2.50 bits per heavy atom. The molecule has 1 saturated carbocycles. The first-order valence-corrected chi connectivity index (χ1v) is 10.7. The van der Waals surface area contributed by atoms with Gasteiger partial charge in [-0.2, -0.15) is 0 Å². The average Bonchev–Trinajstić information content (AvgIpc) is 3.48. The van der Waals surface area contributed by atoms with Crippen LogP contribution in [0.15, 0.2) is 41.5 Å². The lowest BCUT2D eigenvalue weighted by atomic mass is 10.1. The zero-order valence-corrected chi connectivity index (χ0v) is 17.5. The van der Waals surface area contributed by atoms with Crippen LogP contribution < -0.4 is 15.5 Å². The molecule has 5 nitrogen and oxygen atoms in total. The number of benzene rings is 1. The molecule has 2 N–H and O–H groups in total. The highest BCUT2D eigenvalue weighted by Gasteiger charge is 2.42. The summed E-state index contributed by atoms with van der Waals surface area (Å²) in [6.07, 6.45) is 4.58. The second-order valence-corrected chi connectivity index (χ2v) is 8.15. The fourth-order valence-corrected chi connectivity index (χ4v) is 4.10. The molecule has 2 aromatic rings. The van der Waals surface area contributed by atoms with Crippen molar-refractivity contribution in [1.82, 2.24) is 15.6 Å². The van der Waals surface area contributed by atoms with Gasteiger partial charge in [-0.3, -0.25) is 4.99 Å². The van der Waals surface area contributed by atoms with E-state index in [2.05, 4.69) is 37.6 Å². The summed E-state index contributed by atoms with van der Waals surface area (Å²) in [7, 11) is 0. The lowest BCUT2D eigenvalue weighted by Crippen LogP contribution is -2.49. The Kier molecular flexibility index (Phi) is 6.16. The van der Waals surface area contributed by atoms with E-state index in [1.807, 2.05) is 20.0 Å². The lowest BCUT2D eigenvalue weighted by Gasteiger charge is -2.34. The molecule has 2 unspecified atom stereocenters. The minimum Gasteiger partial charge on any atom is -0.356 e. The van der Waals surface area contributed by atoms with Crippen molar-refractivity contribution in [3.63, 3.8) is 0 Å². The van der Waals surface area contributed by atoms with Gasteiger partial charge >= 0.3 is 0 Å². The number of aryl methyl sites for hydroxylation is 1. The summed E-state index contributed by atoms with van der Waals surface area (Å²) in [6.45, 7) is 6.53. The number of anilines is 1. The second kappa shape index (κ2) is 8.98. The topological polar surface area (TPSA) is 52.6 Å². The van der Waals surface area contributed by atoms with E-state index < -0.39 is 11.6 Å². The van der Waals surface area contributed by atoms with E-state index in [-0.39, 0.29) is 17.5 Å². The molecule has 0 radical (unpaired) electrons. The van der Waals surface area contributed by atoms with E-state index in [0.29, 0.717) is 19.0 Å². The van der Waals surface area contributed by atoms with Crippen LogP contribution in [0.1, 0.15) is 43.2 Å². The first kappa shape index (κ1) is 20.6. The van der Waals surface area contributed by atoms with Gasteiger partial charge in [-0.05, 0) is 56.9 Å². The SMILES string of the molecule is CCN=C(NC1CCN(c2ccc(C)cn2)CC1)NC1CC1c1c(F)cccc1F. The van der Waals surface area contributed by atoms with Gasteiger partial charge in [-0.1, -0.05) is 12.1 Å². The maximum absolute atomic E-state index is 14.0.